The van der Waals surface area contributed by atoms with Crippen LogP contribution in [-0.4, -0.2) is 32.0 Å². The maximum absolute atomic E-state index is 11.4. The number of carbonyl (C=O) groups is 1. The van der Waals surface area contributed by atoms with E-state index in [2.05, 4.69) is 21.0 Å². The second kappa shape index (κ2) is 13.0. The second-order valence-electron chi connectivity index (χ2n) is 4.84. The van der Waals surface area contributed by atoms with Gasteiger partial charge in [0, 0.05) is 0 Å². The van der Waals surface area contributed by atoms with E-state index in [1.807, 2.05) is 0 Å². The highest BCUT2D eigenvalue weighted by Gasteiger charge is 2.12. The Morgan fingerprint density at radius 2 is 1.57 bits per heavy atom. The molecule has 21 heavy (non-hydrogen) atoms. The lowest BCUT2D eigenvalue weighted by Crippen LogP contribution is -2.13. The van der Waals surface area contributed by atoms with Crippen LogP contribution in [0.25, 0.3) is 0 Å². The van der Waals surface area contributed by atoms with E-state index in [1.165, 1.54) is 25.7 Å². The highest BCUT2D eigenvalue weighted by atomic mass is 32.2. The molecule has 0 spiro atoms. The van der Waals surface area contributed by atoms with Gasteiger partial charge in [-0.15, -0.1) is 4.33 Å². The molecular weight excluding hydrogens is 300 g/mol. The van der Waals surface area contributed by atoms with Crippen LogP contribution in [0, 0.1) is 0 Å². The third-order valence-corrected chi connectivity index (χ3v) is 3.98. The first-order valence-electron chi connectivity index (χ1n) is 7.40. The van der Waals surface area contributed by atoms with Crippen LogP contribution in [0.1, 0.15) is 64.7 Å². The van der Waals surface area contributed by atoms with Gasteiger partial charge in [-0.1, -0.05) is 51.9 Å². The number of hydrogen-bond donors (Lipinski definition) is 1. The Morgan fingerprint density at radius 1 is 1.00 bits per heavy atom. The maximum Gasteiger partial charge on any atom is 0.344 e. The topological polar surface area (TPSA) is 99.1 Å². The van der Waals surface area contributed by atoms with E-state index in [1.54, 1.807) is 0 Å². The van der Waals surface area contributed by atoms with Crippen molar-refractivity contribution >= 4 is 16.1 Å². The molecule has 0 radical (unpaired) electrons. The van der Waals surface area contributed by atoms with Crippen molar-refractivity contribution in [3.05, 3.63) is 0 Å². The molecular formula is C13H26O7S. The Labute approximate surface area is 126 Å². The third kappa shape index (κ3) is 14.0. The van der Waals surface area contributed by atoms with Gasteiger partial charge in [0.05, 0.1) is 18.8 Å². The summed E-state index contributed by atoms with van der Waals surface area (Å²) in [4.78, 5) is 18.3. The van der Waals surface area contributed by atoms with Gasteiger partial charge in [-0.2, -0.15) is 13.7 Å². The number of rotatable bonds is 14. The zero-order valence-electron chi connectivity index (χ0n) is 12.6. The van der Waals surface area contributed by atoms with Crippen molar-refractivity contribution in [2.45, 2.75) is 64.7 Å². The van der Waals surface area contributed by atoms with Crippen LogP contribution >= 0.6 is 0 Å². The Bertz CT molecular complexity index is 354. The lowest BCUT2D eigenvalue weighted by atomic mass is 10.1. The van der Waals surface area contributed by atoms with Crippen LogP contribution in [0.2, 0.25) is 0 Å². The minimum absolute atomic E-state index is 0.105. The standard InChI is InChI=1S/C13H26O7S/c1-2-3-4-5-6-7-8-9-12-21(16,17)20-18-11-10-13(14)19-15/h15H,2-12H2,1H3. The van der Waals surface area contributed by atoms with Crippen LogP contribution in [0.5, 0.6) is 0 Å². The summed E-state index contributed by atoms with van der Waals surface area (Å²) in [7, 11) is -3.72. The molecule has 7 nitrogen and oxygen atoms in total. The Balaban J connectivity index is 3.49. The van der Waals surface area contributed by atoms with Gasteiger partial charge >= 0.3 is 5.97 Å². The summed E-state index contributed by atoms with van der Waals surface area (Å²) in [5.41, 5.74) is 0. The van der Waals surface area contributed by atoms with Crippen molar-refractivity contribution in [3.8, 4) is 0 Å². The number of carbonyl (C=O) groups excluding carboxylic acids is 1. The molecule has 0 fully saturated rings. The second-order valence-corrected chi connectivity index (χ2v) is 6.50. The lowest BCUT2D eigenvalue weighted by Gasteiger charge is -2.04. The quantitative estimate of drug-likeness (QED) is 0.297. The highest BCUT2D eigenvalue weighted by Crippen LogP contribution is 2.09. The van der Waals surface area contributed by atoms with Crippen LogP contribution in [0.3, 0.4) is 0 Å². The summed E-state index contributed by atoms with van der Waals surface area (Å²) in [6, 6.07) is 0. The molecule has 126 valence electrons. The zero-order chi connectivity index (χ0) is 16.0. The molecule has 0 aromatic heterocycles. The summed E-state index contributed by atoms with van der Waals surface area (Å²) in [6.45, 7) is 1.87. The molecule has 0 aliphatic heterocycles. The largest absolute Gasteiger partial charge is 0.344 e. The van der Waals surface area contributed by atoms with Gasteiger partial charge in [-0.25, -0.2) is 9.68 Å². The van der Waals surface area contributed by atoms with E-state index in [9.17, 15) is 13.2 Å². The number of unbranched alkanes of at least 4 members (excludes halogenated alkanes) is 7. The SMILES string of the molecule is CCCCCCCCCCS(=O)(=O)OOCCC(=O)OO. The molecule has 0 heterocycles. The van der Waals surface area contributed by atoms with Gasteiger partial charge in [-0.3, -0.25) is 0 Å². The molecule has 0 unspecified atom stereocenters. The minimum atomic E-state index is -3.72. The van der Waals surface area contributed by atoms with Gasteiger partial charge in [0.15, 0.2) is 0 Å². The molecule has 0 rings (SSSR count). The van der Waals surface area contributed by atoms with E-state index in [-0.39, 0.29) is 18.8 Å². The summed E-state index contributed by atoms with van der Waals surface area (Å²) < 4.78 is 27.1. The highest BCUT2D eigenvalue weighted by molar-refractivity contribution is 7.86. The van der Waals surface area contributed by atoms with Gasteiger partial charge in [0.25, 0.3) is 10.1 Å². The zero-order valence-corrected chi connectivity index (χ0v) is 13.4. The van der Waals surface area contributed by atoms with E-state index in [0.29, 0.717) is 6.42 Å². The Hall–Kier alpha value is -0.700. The van der Waals surface area contributed by atoms with E-state index in [0.717, 1.165) is 19.3 Å². The van der Waals surface area contributed by atoms with Crippen molar-refractivity contribution in [1.82, 2.24) is 0 Å². The van der Waals surface area contributed by atoms with Gasteiger partial charge in [-0.05, 0) is 6.42 Å². The van der Waals surface area contributed by atoms with Crippen molar-refractivity contribution in [3.63, 3.8) is 0 Å². The minimum Gasteiger partial charge on any atom is -0.301 e. The fraction of sp³-hybridized carbons (Fsp3) is 0.923. The van der Waals surface area contributed by atoms with Crippen LogP contribution in [0.4, 0.5) is 0 Å². The third-order valence-electron chi connectivity index (χ3n) is 2.89. The van der Waals surface area contributed by atoms with E-state index < -0.39 is 16.1 Å². The first-order valence-corrected chi connectivity index (χ1v) is 8.97. The maximum atomic E-state index is 11.4. The smallest absolute Gasteiger partial charge is 0.301 e. The molecule has 0 aliphatic rings. The molecule has 0 saturated heterocycles. The summed E-state index contributed by atoms with van der Waals surface area (Å²) in [5.74, 6) is -1.02. The molecule has 1 N–H and O–H groups in total. The van der Waals surface area contributed by atoms with Gasteiger partial charge < -0.3 is 4.89 Å². The average molecular weight is 326 g/mol. The van der Waals surface area contributed by atoms with Gasteiger partial charge in [0.2, 0.25) is 0 Å². The summed E-state index contributed by atoms with van der Waals surface area (Å²) in [5, 5.41) is 7.96. The molecule has 8 heteroatoms. The molecule has 0 aromatic rings. The molecule has 0 aliphatic carbocycles. The molecule has 0 saturated carbocycles. The fourth-order valence-corrected chi connectivity index (χ4v) is 2.57. The van der Waals surface area contributed by atoms with Crippen molar-refractivity contribution in [2.75, 3.05) is 12.4 Å². The normalized spacial score (nSPS) is 11.5. The summed E-state index contributed by atoms with van der Waals surface area (Å²) >= 11 is 0. The van der Waals surface area contributed by atoms with E-state index in [4.69, 9.17) is 5.26 Å². The number of hydrogen-bond acceptors (Lipinski definition) is 7. The molecule has 0 amide bonds. The predicted molar refractivity (Wildman–Crippen MR) is 76.8 cm³/mol. The molecule has 0 aromatic carbocycles. The summed E-state index contributed by atoms with van der Waals surface area (Å²) in [6.07, 6.45) is 8.12. The van der Waals surface area contributed by atoms with Crippen molar-refractivity contribution in [1.29, 1.82) is 0 Å². The fourth-order valence-electron chi connectivity index (χ4n) is 1.72. The van der Waals surface area contributed by atoms with Gasteiger partial charge in [0.1, 0.15) is 0 Å². The van der Waals surface area contributed by atoms with Crippen LogP contribution < -0.4 is 0 Å². The lowest BCUT2D eigenvalue weighted by molar-refractivity contribution is -0.242. The Morgan fingerprint density at radius 3 is 2.14 bits per heavy atom. The van der Waals surface area contributed by atoms with Crippen molar-refractivity contribution < 1.29 is 32.6 Å². The van der Waals surface area contributed by atoms with Crippen molar-refractivity contribution in [2.24, 2.45) is 0 Å². The first-order chi connectivity index (χ1) is 10.0. The molecule has 0 atom stereocenters. The van der Waals surface area contributed by atoms with E-state index >= 15 is 0 Å². The predicted octanol–water partition coefficient (Wildman–Crippen LogP) is 2.81. The monoisotopic (exact) mass is 326 g/mol. The Kier molecular flexibility index (Phi) is 12.6. The van der Waals surface area contributed by atoms with Crippen LogP contribution in [0.15, 0.2) is 0 Å². The first kappa shape index (κ1) is 20.3. The molecule has 0 bridgehead atoms. The van der Waals surface area contributed by atoms with Crippen LogP contribution in [-0.2, 0) is 29.0 Å². The average Bonchev–Trinajstić information content (AvgIpc) is 2.46.